The van der Waals surface area contributed by atoms with E-state index in [4.69, 9.17) is 0 Å². The number of rotatable bonds is 3. The van der Waals surface area contributed by atoms with E-state index in [0.29, 0.717) is 5.41 Å². The minimum atomic E-state index is 0. The summed E-state index contributed by atoms with van der Waals surface area (Å²) in [5.41, 5.74) is 7.18. The number of hydrogen-bond donors (Lipinski definition) is 1. The first-order valence-electron chi connectivity index (χ1n) is 8.46. The van der Waals surface area contributed by atoms with E-state index in [9.17, 15) is 0 Å². The Bertz CT molecular complexity index is 557. The Morgan fingerprint density at radius 1 is 1.00 bits per heavy atom. The van der Waals surface area contributed by atoms with Crippen LogP contribution in [0, 0.1) is 5.41 Å². The average molecular weight is 425 g/mol. The van der Waals surface area contributed by atoms with Gasteiger partial charge in [0, 0.05) is 18.8 Å². The highest BCUT2D eigenvalue weighted by atomic mass is 127. The van der Waals surface area contributed by atoms with Gasteiger partial charge >= 0.3 is 0 Å². The van der Waals surface area contributed by atoms with E-state index in [2.05, 4.69) is 35.4 Å². The van der Waals surface area contributed by atoms with Crippen molar-refractivity contribution in [1.82, 2.24) is 4.90 Å². The average Bonchev–Trinajstić information content (AvgIpc) is 2.53. The Balaban J connectivity index is 0.00000192. The van der Waals surface area contributed by atoms with Gasteiger partial charge in [0.25, 0.3) is 0 Å². The van der Waals surface area contributed by atoms with Gasteiger partial charge < -0.3 is 4.90 Å². The molecule has 1 aliphatic carbocycles. The maximum Gasteiger partial charge on any atom is 0.0629 e. The summed E-state index contributed by atoms with van der Waals surface area (Å²) < 4.78 is 0. The zero-order valence-corrected chi connectivity index (χ0v) is 16.5. The number of benzene rings is 1. The Hall–Kier alpha value is -1.04. The molecule has 3 nitrogen and oxygen atoms in total. The summed E-state index contributed by atoms with van der Waals surface area (Å²) in [5.74, 6) is 0. The van der Waals surface area contributed by atoms with Crippen molar-refractivity contribution < 1.29 is 0 Å². The molecule has 1 aliphatic heterocycles. The van der Waals surface area contributed by atoms with Crippen molar-refractivity contribution in [2.75, 3.05) is 18.5 Å². The molecule has 0 spiro atoms. The second-order valence-electron chi connectivity index (χ2n) is 7.28. The van der Waals surface area contributed by atoms with Crippen molar-refractivity contribution in [3.63, 3.8) is 0 Å². The van der Waals surface area contributed by atoms with Gasteiger partial charge in [0.15, 0.2) is 0 Å². The van der Waals surface area contributed by atoms with Crippen LogP contribution in [0.3, 0.4) is 0 Å². The lowest BCUT2D eigenvalue weighted by molar-refractivity contribution is 0.241. The van der Waals surface area contributed by atoms with E-state index >= 15 is 0 Å². The first-order chi connectivity index (χ1) is 10.6. The molecule has 1 N–H and O–H groups in total. The number of piperidine rings is 1. The predicted octanol–water partition coefficient (Wildman–Crippen LogP) is 5.26. The Morgan fingerprint density at radius 2 is 1.70 bits per heavy atom. The van der Waals surface area contributed by atoms with Crippen molar-refractivity contribution in [3.8, 4) is 0 Å². The van der Waals surface area contributed by atoms with Gasteiger partial charge in [0.1, 0.15) is 0 Å². The van der Waals surface area contributed by atoms with Gasteiger partial charge in [0.2, 0.25) is 0 Å². The van der Waals surface area contributed by atoms with Gasteiger partial charge in [-0.1, -0.05) is 32.0 Å². The number of hydrazone groups is 1. The first-order valence-corrected chi connectivity index (χ1v) is 8.46. The SMILES string of the molecule is CC1(C)CC(N2CCCCC2)=C/C(=N\Nc2ccccc2)C1.I. The molecule has 1 saturated heterocycles. The topological polar surface area (TPSA) is 27.6 Å². The number of nitrogens with zero attached hydrogens (tertiary/aromatic N) is 2. The Kier molecular flexibility index (Phi) is 6.50. The Morgan fingerprint density at radius 3 is 2.39 bits per heavy atom. The van der Waals surface area contributed by atoms with Crippen LogP contribution < -0.4 is 5.43 Å². The van der Waals surface area contributed by atoms with Crippen LogP contribution in [-0.2, 0) is 0 Å². The van der Waals surface area contributed by atoms with Crippen LogP contribution in [0.25, 0.3) is 0 Å². The van der Waals surface area contributed by atoms with E-state index in [1.54, 1.807) is 0 Å². The molecule has 1 fully saturated rings. The molecule has 1 heterocycles. The first kappa shape index (κ1) is 18.3. The van der Waals surface area contributed by atoms with Gasteiger partial charge in [0.05, 0.1) is 11.4 Å². The summed E-state index contributed by atoms with van der Waals surface area (Å²) in [6.45, 7) is 7.12. The third kappa shape index (κ3) is 5.23. The molecule has 3 rings (SSSR count). The minimum Gasteiger partial charge on any atom is -0.375 e. The number of hydrogen-bond acceptors (Lipinski definition) is 3. The number of para-hydroxylation sites is 1. The summed E-state index contributed by atoms with van der Waals surface area (Å²) in [7, 11) is 0. The van der Waals surface area contributed by atoms with Crippen molar-refractivity contribution in [2.45, 2.75) is 46.0 Å². The largest absolute Gasteiger partial charge is 0.375 e. The highest BCUT2D eigenvalue weighted by molar-refractivity contribution is 14.0. The van der Waals surface area contributed by atoms with Crippen molar-refractivity contribution in [1.29, 1.82) is 0 Å². The number of nitrogens with one attached hydrogen (secondary N) is 1. The predicted molar refractivity (Wildman–Crippen MR) is 109 cm³/mol. The van der Waals surface area contributed by atoms with E-state index in [1.807, 2.05) is 30.3 Å². The zero-order chi connectivity index (χ0) is 15.4. The lowest BCUT2D eigenvalue weighted by Gasteiger charge is -2.38. The van der Waals surface area contributed by atoms with Gasteiger partial charge in [-0.2, -0.15) is 5.10 Å². The van der Waals surface area contributed by atoms with E-state index < -0.39 is 0 Å². The molecule has 23 heavy (non-hydrogen) atoms. The summed E-state index contributed by atoms with van der Waals surface area (Å²) in [6, 6.07) is 10.2. The highest BCUT2D eigenvalue weighted by Gasteiger charge is 2.29. The monoisotopic (exact) mass is 425 g/mol. The molecule has 0 amide bonds. The molecule has 126 valence electrons. The quantitative estimate of drug-likeness (QED) is 0.528. The van der Waals surface area contributed by atoms with Gasteiger partial charge in [-0.3, -0.25) is 5.43 Å². The van der Waals surface area contributed by atoms with Crippen LogP contribution in [0.5, 0.6) is 0 Å². The molecule has 0 unspecified atom stereocenters. The van der Waals surface area contributed by atoms with E-state index in [1.165, 1.54) is 43.8 Å². The lowest BCUT2D eigenvalue weighted by atomic mass is 9.78. The number of halogens is 1. The van der Waals surface area contributed by atoms with Crippen molar-refractivity contribution >= 4 is 35.4 Å². The van der Waals surface area contributed by atoms with Crippen LogP contribution in [-0.4, -0.2) is 23.7 Å². The summed E-state index contributed by atoms with van der Waals surface area (Å²) in [5, 5.41) is 4.66. The van der Waals surface area contributed by atoms with E-state index in [-0.39, 0.29) is 24.0 Å². The van der Waals surface area contributed by atoms with Crippen molar-refractivity contribution in [3.05, 3.63) is 42.1 Å². The molecular formula is C19H28IN3. The standard InChI is InChI=1S/C19H27N3.HI/c1-19(2)14-17(21-20-16-9-5-3-6-10-16)13-18(15-19)22-11-7-4-8-12-22;/h3,5-6,9-10,13,20H,4,7-8,11-12,14-15H2,1-2H3;1H/b21-17+;. The molecule has 1 aromatic rings. The molecular weight excluding hydrogens is 397 g/mol. The molecule has 0 aromatic heterocycles. The number of allylic oxidation sites excluding steroid dienone is 2. The normalized spacial score (nSPS) is 22.3. The molecule has 0 saturated carbocycles. The van der Waals surface area contributed by atoms with Gasteiger partial charge in [-0.15, -0.1) is 24.0 Å². The number of likely N-dealkylation sites (tertiary alicyclic amines) is 1. The van der Waals surface area contributed by atoms with Crippen LogP contribution in [0.15, 0.2) is 47.2 Å². The molecule has 0 atom stereocenters. The fraction of sp³-hybridized carbons (Fsp3) is 0.526. The van der Waals surface area contributed by atoms with E-state index in [0.717, 1.165) is 18.5 Å². The third-order valence-electron chi connectivity index (χ3n) is 4.52. The molecule has 0 bridgehead atoms. The van der Waals surface area contributed by atoms with Crippen LogP contribution in [0.2, 0.25) is 0 Å². The minimum absolute atomic E-state index is 0. The lowest BCUT2D eigenvalue weighted by Crippen LogP contribution is -2.34. The summed E-state index contributed by atoms with van der Waals surface area (Å²) >= 11 is 0. The second kappa shape index (κ2) is 8.18. The van der Waals surface area contributed by atoms with Crippen LogP contribution >= 0.6 is 24.0 Å². The maximum atomic E-state index is 4.66. The Labute approximate surface area is 157 Å². The molecule has 1 aromatic carbocycles. The summed E-state index contributed by atoms with van der Waals surface area (Å²) in [6.07, 6.45) is 8.54. The molecule has 2 aliphatic rings. The van der Waals surface area contributed by atoms with Crippen LogP contribution in [0.1, 0.15) is 46.0 Å². The fourth-order valence-corrected chi connectivity index (χ4v) is 3.44. The van der Waals surface area contributed by atoms with Crippen LogP contribution in [0.4, 0.5) is 5.69 Å². The number of anilines is 1. The third-order valence-corrected chi connectivity index (χ3v) is 4.52. The second-order valence-corrected chi connectivity index (χ2v) is 7.28. The highest BCUT2D eigenvalue weighted by Crippen LogP contribution is 2.36. The van der Waals surface area contributed by atoms with Gasteiger partial charge in [-0.25, -0.2) is 0 Å². The van der Waals surface area contributed by atoms with Crippen molar-refractivity contribution in [2.24, 2.45) is 10.5 Å². The molecule has 4 heteroatoms. The zero-order valence-electron chi connectivity index (χ0n) is 14.2. The molecule has 0 radical (unpaired) electrons. The van der Waals surface area contributed by atoms with Gasteiger partial charge in [-0.05, 0) is 55.7 Å². The smallest absolute Gasteiger partial charge is 0.0629 e. The summed E-state index contributed by atoms with van der Waals surface area (Å²) in [4.78, 5) is 2.57. The fourth-order valence-electron chi connectivity index (χ4n) is 3.44. The maximum absolute atomic E-state index is 4.66.